The first-order chi connectivity index (χ1) is 14.8. The maximum atomic E-state index is 10.5. The molecule has 0 unspecified atom stereocenters. The van der Waals surface area contributed by atoms with E-state index in [0.717, 1.165) is 43.7 Å². The van der Waals surface area contributed by atoms with Gasteiger partial charge in [-0.1, -0.05) is 0 Å². The van der Waals surface area contributed by atoms with Crippen LogP contribution in [0.15, 0.2) is 36.7 Å². The molecule has 5 rings (SSSR count). The highest BCUT2D eigenvalue weighted by molar-refractivity contribution is 6.16. The van der Waals surface area contributed by atoms with Gasteiger partial charge in [0.2, 0.25) is 0 Å². The van der Waals surface area contributed by atoms with Crippen LogP contribution in [-0.2, 0) is 4.74 Å². The molecule has 2 aromatic heterocycles. The van der Waals surface area contributed by atoms with Crippen LogP contribution in [0.1, 0.15) is 17.4 Å². The highest BCUT2D eigenvalue weighted by Gasteiger charge is 2.48. The van der Waals surface area contributed by atoms with E-state index in [2.05, 4.69) is 4.98 Å². The number of H-pyrrole nitrogens is 1. The third kappa shape index (κ3) is 2.91. The zero-order valence-corrected chi connectivity index (χ0v) is 17.1. The van der Waals surface area contributed by atoms with Crippen molar-refractivity contribution in [2.75, 3.05) is 6.61 Å². The van der Waals surface area contributed by atoms with Crippen molar-refractivity contribution in [2.45, 2.75) is 44.5 Å². The molecule has 0 saturated carbocycles. The summed E-state index contributed by atoms with van der Waals surface area (Å²) in [5, 5.41) is 54.1. The maximum absolute atomic E-state index is 10.5. The Hall–Kier alpha value is -2.75. The van der Waals surface area contributed by atoms with E-state index in [1.807, 2.05) is 32.2 Å². The standard InChI is InChI=1S/C23H24N2O6/c1-10-15-8-25(23-22(30)21(29)20(28)17(9-26)31-23)6-5-13(15)11(2)19-18(10)14-7-12(27)3-4-16(14)24-19/h3-8,17,20-23,26-30H,9H2,1-2H3/p+1/t17-,20-,21+,22-,23-/m0/s1. The smallest absolute Gasteiger partial charge is 0.292 e. The number of aromatic amines is 1. The molecule has 8 nitrogen and oxygen atoms in total. The predicted octanol–water partition coefficient (Wildman–Crippen LogP) is 1.06. The second-order valence-electron chi connectivity index (χ2n) is 8.29. The number of rotatable bonds is 2. The number of phenolic OH excluding ortho intramolecular Hbond substituents is 1. The molecule has 8 heteroatoms. The van der Waals surface area contributed by atoms with Crippen molar-refractivity contribution in [1.82, 2.24) is 4.98 Å². The average Bonchev–Trinajstić information content (AvgIpc) is 3.15. The third-order valence-electron chi connectivity index (χ3n) is 6.48. The number of aromatic hydroxyl groups is 1. The summed E-state index contributed by atoms with van der Waals surface area (Å²) in [5.41, 5.74) is 3.96. The number of phenols is 1. The lowest BCUT2D eigenvalue weighted by Gasteiger charge is -2.36. The predicted molar refractivity (Wildman–Crippen MR) is 114 cm³/mol. The first-order valence-electron chi connectivity index (χ1n) is 10.2. The fourth-order valence-corrected chi connectivity index (χ4v) is 4.74. The van der Waals surface area contributed by atoms with Crippen molar-refractivity contribution < 1.29 is 34.8 Å². The molecule has 31 heavy (non-hydrogen) atoms. The quantitative estimate of drug-likeness (QED) is 0.266. The molecule has 4 aromatic rings. The lowest BCUT2D eigenvalue weighted by molar-refractivity contribution is -0.777. The summed E-state index contributed by atoms with van der Waals surface area (Å²) in [6.07, 6.45) is -2.57. The lowest BCUT2D eigenvalue weighted by Crippen LogP contribution is -2.62. The monoisotopic (exact) mass is 425 g/mol. The molecule has 1 aliphatic rings. The summed E-state index contributed by atoms with van der Waals surface area (Å²) in [4.78, 5) is 3.44. The topological polar surface area (TPSA) is 130 Å². The largest absolute Gasteiger partial charge is 0.508 e. The first-order valence-corrected chi connectivity index (χ1v) is 10.2. The van der Waals surface area contributed by atoms with Gasteiger partial charge in [0, 0.05) is 27.7 Å². The minimum Gasteiger partial charge on any atom is -0.508 e. The summed E-state index contributed by atoms with van der Waals surface area (Å²) in [6, 6.07) is 7.15. The SMILES string of the molecule is Cc1c2cc[n+]([C@H]3O[C@@H](CO)[C@H](O)[C@@H](O)[C@@H]3O)cc2c(C)c2c1[nH]c1ccc(O)cc12. The zero-order valence-electron chi connectivity index (χ0n) is 17.1. The van der Waals surface area contributed by atoms with Gasteiger partial charge >= 0.3 is 0 Å². The van der Waals surface area contributed by atoms with E-state index < -0.39 is 37.3 Å². The van der Waals surface area contributed by atoms with Crippen LogP contribution < -0.4 is 4.57 Å². The molecular formula is C23H25N2O6+. The van der Waals surface area contributed by atoms with Crippen molar-refractivity contribution in [2.24, 2.45) is 0 Å². The fourth-order valence-electron chi connectivity index (χ4n) is 4.74. The molecule has 162 valence electrons. The summed E-state index contributed by atoms with van der Waals surface area (Å²) in [7, 11) is 0. The van der Waals surface area contributed by atoms with Gasteiger partial charge in [0.25, 0.3) is 6.23 Å². The number of aliphatic hydroxyl groups excluding tert-OH is 4. The van der Waals surface area contributed by atoms with Crippen LogP contribution in [0.5, 0.6) is 5.75 Å². The molecule has 0 spiro atoms. The molecule has 0 amide bonds. The maximum Gasteiger partial charge on any atom is 0.292 e. The van der Waals surface area contributed by atoms with Crippen molar-refractivity contribution in [3.05, 3.63) is 47.8 Å². The number of hydrogen-bond acceptors (Lipinski definition) is 6. The molecule has 0 aliphatic carbocycles. The van der Waals surface area contributed by atoms with Crippen molar-refractivity contribution in [1.29, 1.82) is 0 Å². The molecule has 1 saturated heterocycles. The Bertz CT molecular complexity index is 1310. The Kier molecular flexibility index (Phi) is 4.65. The number of aromatic nitrogens is 2. The zero-order chi connectivity index (χ0) is 22.0. The number of fused-ring (bicyclic) bond motifs is 4. The normalized spacial score (nSPS) is 26.8. The molecule has 3 heterocycles. The highest BCUT2D eigenvalue weighted by atomic mass is 16.6. The summed E-state index contributed by atoms with van der Waals surface area (Å²) in [5.74, 6) is 0.190. The molecule has 5 atom stereocenters. The molecule has 6 N–H and O–H groups in total. The number of hydrogen-bond donors (Lipinski definition) is 6. The molecule has 0 bridgehead atoms. The van der Waals surface area contributed by atoms with Crippen LogP contribution >= 0.6 is 0 Å². The summed E-state index contributed by atoms with van der Waals surface area (Å²) >= 11 is 0. The molecule has 0 radical (unpaired) electrons. The van der Waals surface area contributed by atoms with Crippen molar-refractivity contribution in [3.63, 3.8) is 0 Å². The second kappa shape index (κ2) is 7.15. The van der Waals surface area contributed by atoms with Gasteiger partial charge in [0.1, 0.15) is 24.1 Å². The Morgan fingerprint density at radius 3 is 2.48 bits per heavy atom. The number of aliphatic hydroxyl groups is 4. The second-order valence-corrected chi connectivity index (χ2v) is 8.29. The number of nitrogens with one attached hydrogen (secondary N) is 1. The van der Waals surface area contributed by atoms with Crippen LogP contribution in [-0.4, -0.2) is 61.5 Å². The Morgan fingerprint density at radius 2 is 1.74 bits per heavy atom. The van der Waals surface area contributed by atoms with E-state index in [-0.39, 0.29) is 5.75 Å². The van der Waals surface area contributed by atoms with Gasteiger partial charge in [0.05, 0.1) is 12.1 Å². The van der Waals surface area contributed by atoms with Crippen LogP contribution in [0, 0.1) is 13.8 Å². The Morgan fingerprint density at radius 1 is 0.968 bits per heavy atom. The van der Waals surface area contributed by atoms with Gasteiger partial charge in [-0.2, -0.15) is 4.57 Å². The number of ether oxygens (including phenoxy) is 1. The van der Waals surface area contributed by atoms with E-state index in [4.69, 9.17) is 4.74 Å². The Balaban J connectivity index is 1.72. The van der Waals surface area contributed by atoms with Crippen molar-refractivity contribution >= 4 is 32.6 Å². The molecular weight excluding hydrogens is 400 g/mol. The van der Waals surface area contributed by atoms with Crippen LogP contribution in [0.3, 0.4) is 0 Å². The van der Waals surface area contributed by atoms with E-state index in [1.165, 1.54) is 0 Å². The van der Waals surface area contributed by atoms with Gasteiger partial charge in [-0.15, -0.1) is 0 Å². The highest BCUT2D eigenvalue weighted by Crippen LogP contribution is 2.37. The van der Waals surface area contributed by atoms with Crippen LogP contribution in [0.4, 0.5) is 0 Å². The van der Waals surface area contributed by atoms with Gasteiger partial charge in [0.15, 0.2) is 18.5 Å². The number of benzene rings is 2. The summed E-state index contributed by atoms with van der Waals surface area (Å²) in [6.45, 7) is 3.55. The number of pyridine rings is 1. The third-order valence-corrected chi connectivity index (χ3v) is 6.48. The molecule has 1 fully saturated rings. The van der Waals surface area contributed by atoms with E-state index in [0.29, 0.717) is 0 Å². The Labute approximate surface area is 177 Å². The van der Waals surface area contributed by atoms with Crippen molar-refractivity contribution in [3.8, 4) is 5.75 Å². The fraction of sp³-hybridized carbons (Fsp3) is 0.348. The van der Waals surface area contributed by atoms with Crippen LogP contribution in [0.2, 0.25) is 0 Å². The number of nitrogens with zero attached hydrogens (tertiary/aromatic N) is 1. The number of aryl methyl sites for hydroxylation is 2. The average molecular weight is 425 g/mol. The first kappa shape index (κ1) is 20.2. The molecule has 2 aromatic carbocycles. The van der Waals surface area contributed by atoms with E-state index in [9.17, 15) is 25.5 Å². The van der Waals surface area contributed by atoms with Gasteiger partial charge in [-0.25, -0.2) is 0 Å². The van der Waals surface area contributed by atoms with Gasteiger partial charge < -0.3 is 35.3 Å². The van der Waals surface area contributed by atoms with E-state index in [1.54, 1.807) is 22.9 Å². The van der Waals surface area contributed by atoms with E-state index >= 15 is 0 Å². The van der Waals surface area contributed by atoms with Gasteiger partial charge in [-0.3, -0.25) is 0 Å². The summed E-state index contributed by atoms with van der Waals surface area (Å²) < 4.78 is 7.36. The minimum atomic E-state index is -1.44. The van der Waals surface area contributed by atoms with Gasteiger partial charge in [-0.05, 0) is 48.6 Å². The minimum absolute atomic E-state index is 0.190. The van der Waals surface area contributed by atoms with Crippen LogP contribution in [0.25, 0.3) is 32.6 Å². The molecule has 1 aliphatic heterocycles. The lowest BCUT2D eigenvalue weighted by atomic mass is 9.96.